The number of hydrogen-bond acceptors (Lipinski definition) is 2. The van der Waals surface area contributed by atoms with E-state index in [0.717, 1.165) is 23.6 Å². The molecule has 2 aromatic rings. The van der Waals surface area contributed by atoms with Crippen LogP contribution < -0.4 is 10.6 Å². The van der Waals surface area contributed by atoms with E-state index in [9.17, 15) is 4.79 Å². The van der Waals surface area contributed by atoms with E-state index >= 15 is 0 Å². The molecule has 0 atom stereocenters. The Hall–Kier alpha value is -2.33. The lowest BCUT2D eigenvalue weighted by Gasteiger charge is -2.30. The maximum atomic E-state index is 12.0. The summed E-state index contributed by atoms with van der Waals surface area (Å²) < 4.78 is 0. The van der Waals surface area contributed by atoms with Gasteiger partial charge in [-0.15, -0.1) is 0 Å². The number of urea groups is 1. The fraction of sp³-hybridized carbons (Fsp3) is 0.435. The second kappa shape index (κ2) is 9.56. The number of carbonyl (C=O) groups is 1. The van der Waals surface area contributed by atoms with Gasteiger partial charge in [-0.3, -0.25) is 4.90 Å². The Morgan fingerprint density at radius 2 is 1.37 bits per heavy atom. The molecule has 1 aliphatic heterocycles. The zero-order chi connectivity index (χ0) is 19.1. The van der Waals surface area contributed by atoms with Crippen molar-refractivity contribution in [2.45, 2.75) is 46.3 Å². The summed E-state index contributed by atoms with van der Waals surface area (Å²) in [4.78, 5) is 14.5. The molecular formula is C23H31N3O. The highest BCUT2D eigenvalue weighted by atomic mass is 16.2. The van der Waals surface area contributed by atoms with Crippen molar-refractivity contribution < 1.29 is 4.79 Å². The van der Waals surface area contributed by atoms with Gasteiger partial charge < -0.3 is 10.6 Å². The molecule has 4 heteroatoms. The van der Waals surface area contributed by atoms with Crippen molar-refractivity contribution in [2.75, 3.05) is 13.1 Å². The number of nitrogens with zero attached hydrogens (tertiary/aromatic N) is 1. The van der Waals surface area contributed by atoms with Crippen molar-refractivity contribution >= 4 is 6.03 Å². The van der Waals surface area contributed by atoms with E-state index < -0.39 is 0 Å². The van der Waals surface area contributed by atoms with E-state index in [1.54, 1.807) is 0 Å². The Morgan fingerprint density at radius 1 is 0.889 bits per heavy atom. The van der Waals surface area contributed by atoms with E-state index in [4.69, 9.17) is 0 Å². The van der Waals surface area contributed by atoms with Gasteiger partial charge >= 0.3 is 6.03 Å². The SMILES string of the molecule is Cc1ccc(CNC(=O)NCc2ccc(CN3CCC(C)CC3)cc2)cc1. The zero-order valence-electron chi connectivity index (χ0n) is 16.5. The van der Waals surface area contributed by atoms with E-state index in [0.29, 0.717) is 13.1 Å². The van der Waals surface area contributed by atoms with E-state index in [1.807, 2.05) is 12.1 Å². The van der Waals surface area contributed by atoms with Gasteiger partial charge in [-0.2, -0.15) is 0 Å². The van der Waals surface area contributed by atoms with Crippen LogP contribution in [0.2, 0.25) is 0 Å². The van der Waals surface area contributed by atoms with E-state index in [2.05, 4.69) is 65.8 Å². The fourth-order valence-corrected chi connectivity index (χ4v) is 3.37. The third-order valence-electron chi connectivity index (χ3n) is 5.33. The summed E-state index contributed by atoms with van der Waals surface area (Å²) in [6.45, 7) is 8.91. The van der Waals surface area contributed by atoms with Crippen molar-refractivity contribution in [2.24, 2.45) is 5.92 Å². The molecule has 0 bridgehead atoms. The molecule has 27 heavy (non-hydrogen) atoms. The summed E-state index contributed by atoms with van der Waals surface area (Å²) in [6.07, 6.45) is 2.61. The predicted molar refractivity (Wildman–Crippen MR) is 110 cm³/mol. The van der Waals surface area contributed by atoms with Crippen LogP contribution in [-0.4, -0.2) is 24.0 Å². The first-order valence-electron chi connectivity index (χ1n) is 9.96. The lowest BCUT2D eigenvalue weighted by molar-refractivity contribution is 0.185. The van der Waals surface area contributed by atoms with Gasteiger partial charge in [-0.25, -0.2) is 4.79 Å². The predicted octanol–water partition coefficient (Wildman–Crippen LogP) is 4.23. The van der Waals surface area contributed by atoms with E-state index in [-0.39, 0.29) is 6.03 Å². The van der Waals surface area contributed by atoms with Gasteiger partial charge in [0.05, 0.1) is 0 Å². The lowest BCUT2D eigenvalue weighted by atomic mass is 9.99. The van der Waals surface area contributed by atoms with E-state index in [1.165, 1.54) is 37.1 Å². The number of likely N-dealkylation sites (tertiary alicyclic amines) is 1. The van der Waals surface area contributed by atoms with Crippen LogP contribution in [0.5, 0.6) is 0 Å². The summed E-state index contributed by atoms with van der Waals surface area (Å²) in [6, 6.07) is 16.6. The maximum absolute atomic E-state index is 12.0. The van der Waals surface area contributed by atoms with Crippen LogP contribution >= 0.6 is 0 Å². The molecule has 0 spiro atoms. The van der Waals surface area contributed by atoms with Crippen LogP contribution in [0.25, 0.3) is 0 Å². The molecule has 3 rings (SSSR count). The Labute approximate surface area is 163 Å². The molecule has 4 nitrogen and oxygen atoms in total. The molecule has 0 saturated carbocycles. The number of carbonyl (C=O) groups excluding carboxylic acids is 1. The Bertz CT molecular complexity index is 716. The molecule has 1 fully saturated rings. The average Bonchev–Trinajstić information content (AvgIpc) is 2.69. The number of rotatable bonds is 6. The zero-order valence-corrected chi connectivity index (χ0v) is 16.5. The molecule has 0 aliphatic carbocycles. The molecule has 2 amide bonds. The first kappa shape index (κ1) is 19.4. The van der Waals surface area contributed by atoms with Gasteiger partial charge in [-0.05, 0) is 55.5 Å². The molecule has 1 aliphatic rings. The average molecular weight is 366 g/mol. The maximum Gasteiger partial charge on any atom is 0.315 e. The second-order valence-corrected chi connectivity index (χ2v) is 7.80. The van der Waals surface area contributed by atoms with Crippen molar-refractivity contribution in [1.82, 2.24) is 15.5 Å². The van der Waals surface area contributed by atoms with Gasteiger partial charge in [0, 0.05) is 19.6 Å². The van der Waals surface area contributed by atoms with Crippen molar-refractivity contribution in [3.63, 3.8) is 0 Å². The number of nitrogens with one attached hydrogen (secondary N) is 2. The third-order valence-corrected chi connectivity index (χ3v) is 5.33. The Balaban J connectivity index is 1.39. The van der Waals surface area contributed by atoms with Crippen LogP contribution in [0.3, 0.4) is 0 Å². The standard InChI is InChI=1S/C23H31N3O/c1-18-3-5-20(6-4-18)15-24-23(27)25-16-21-7-9-22(10-8-21)17-26-13-11-19(2)12-14-26/h3-10,19H,11-17H2,1-2H3,(H2,24,25,27). The first-order valence-corrected chi connectivity index (χ1v) is 9.96. The lowest BCUT2D eigenvalue weighted by Crippen LogP contribution is -2.34. The van der Waals surface area contributed by atoms with Gasteiger partial charge in [0.1, 0.15) is 0 Å². The highest BCUT2D eigenvalue weighted by molar-refractivity contribution is 5.73. The summed E-state index contributed by atoms with van der Waals surface area (Å²) >= 11 is 0. The molecule has 0 aromatic heterocycles. The minimum atomic E-state index is -0.137. The first-order chi connectivity index (χ1) is 13.1. The van der Waals surface area contributed by atoms with Gasteiger partial charge in [0.15, 0.2) is 0 Å². The van der Waals surface area contributed by atoms with Crippen LogP contribution in [0, 0.1) is 12.8 Å². The number of amides is 2. The van der Waals surface area contributed by atoms with Crippen LogP contribution in [0.15, 0.2) is 48.5 Å². The largest absolute Gasteiger partial charge is 0.334 e. The van der Waals surface area contributed by atoms with Crippen molar-refractivity contribution in [1.29, 1.82) is 0 Å². The van der Waals surface area contributed by atoms with Crippen molar-refractivity contribution in [3.05, 3.63) is 70.8 Å². The van der Waals surface area contributed by atoms with Crippen LogP contribution in [0.1, 0.15) is 42.0 Å². The number of hydrogen-bond donors (Lipinski definition) is 2. The molecule has 0 unspecified atom stereocenters. The molecule has 1 heterocycles. The third kappa shape index (κ3) is 6.40. The molecule has 144 valence electrons. The van der Waals surface area contributed by atoms with Gasteiger partial charge in [-0.1, -0.05) is 61.0 Å². The normalized spacial score (nSPS) is 15.5. The van der Waals surface area contributed by atoms with Crippen LogP contribution in [0.4, 0.5) is 4.79 Å². The molecule has 0 radical (unpaired) electrons. The van der Waals surface area contributed by atoms with Crippen molar-refractivity contribution in [3.8, 4) is 0 Å². The molecule has 2 aromatic carbocycles. The topological polar surface area (TPSA) is 44.4 Å². The summed E-state index contributed by atoms with van der Waals surface area (Å²) in [5.41, 5.74) is 4.79. The molecular weight excluding hydrogens is 334 g/mol. The Kier molecular flexibility index (Phi) is 6.88. The highest BCUT2D eigenvalue weighted by Gasteiger charge is 2.15. The quantitative estimate of drug-likeness (QED) is 0.805. The van der Waals surface area contributed by atoms with Crippen LogP contribution in [-0.2, 0) is 19.6 Å². The molecule has 1 saturated heterocycles. The Morgan fingerprint density at radius 3 is 1.93 bits per heavy atom. The second-order valence-electron chi connectivity index (χ2n) is 7.80. The minimum absolute atomic E-state index is 0.137. The smallest absolute Gasteiger partial charge is 0.315 e. The number of aryl methyl sites for hydroxylation is 1. The monoisotopic (exact) mass is 365 g/mol. The highest BCUT2D eigenvalue weighted by Crippen LogP contribution is 2.18. The number of piperidine rings is 1. The summed E-state index contributed by atoms with van der Waals surface area (Å²) in [5.74, 6) is 0.867. The fourth-order valence-electron chi connectivity index (χ4n) is 3.37. The van der Waals surface area contributed by atoms with Gasteiger partial charge in [0.2, 0.25) is 0 Å². The minimum Gasteiger partial charge on any atom is -0.334 e. The van der Waals surface area contributed by atoms with Gasteiger partial charge in [0.25, 0.3) is 0 Å². The number of benzene rings is 2. The summed E-state index contributed by atoms with van der Waals surface area (Å²) in [7, 11) is 0. The summed E-state index contributed by atoms with van der Waals surface area (Å²) in [5, 5.41) is 5.83. The molecule has 2 N–H and O–H groups in total.